The summed E-state index contributed by atoms with van der Waals surface area (Å²) in [7, 11) is 0. The van der Waals surface area contributed by atoms with E-state index in [4.69, 9.17) is 0 Å². The van der Waals surface area contributed by atoms with Gasteiger partial charge < -0.3 is 0 Å². The lowest BCUT2D eigenvalue weighted by atomic mass is 10.1. The van der Waals surface area contributed by atoms with Crippen molar-refractivity contribution in [2.24, 2.45) is 0 Å². The Bertz CT molecular complexity index is 1180. The van der Waals surface area contributed by atoms with Crippen LogP contribution in [-0.2, 0) is 13.1 Å². The van der Waals surface area contributed by atoms with Gasteiger partial charge in [-0.3, -0.25) is 14.0 Å². The standard InChI is InChI=1S/C24H22FN5S2/c1-18(19-6-8-20(25)9-7-19)28(16-21-4-2-12-29(21)23-26-10-14-31-23)17-22-5-3-13-30(22)24-27-11-15-32-24/h2-15,18H,16-17H2,1H3/t18-/m1/s1. The molecule has 0 bridgehead atoms. The van der Waals surface area contributed by atoms with E-state index in [0.717, 1.165) is 27.2 Å². The first kappa shape index (κ1) is 20.8. The zero-order valence-electron chi connectivity index (χ0n) is 17.5. The molecule has 1 atom stereocenters. The molecule has 5 aromatic rings. The van der Waals surface area contributed by atoms with E-state index >= 15 is 0 Å². The molecule has 4 aromatic heterocycles. The first-order valence-electron chi connectivity index (χ1n) is 10.3. The topological polar surface area (TPSA) is 38.9 Å². The fourth-order valence-corrected chi connectivity index (χ4v) is 5.14. The third kappa shape index (κ3) is 4.29. The molecule has 0 spiro atoms. The highest BCUT2D eigenvalue weighted by Gasteiger charge is 2.21. The smallest absolute Gasteiger partial charge is 0.193 e. The van der Waals surface area contributed by atoms with Gasteiger partial charge in [0.15, 0.2) is 10.3 Å². The molecule has 5 rings (SSSR count). The summed E-state index contributed by atoms with van der Waals surface area (Å²) in [5.41, 5.74) is 3.38. The lowest BCUT2D eigenvalue weighted by Gasteiger charge is -2.30. The molecule has 4 heterocycles. The van der Waals surface area contributed by atoms with E-state index in [0.29, 0.717) is 13.1 Å². The monoisotopic (exact) mass is 463 g/mol. The Balaban J connectivity index is 1.48. The minimum absolute atomic E-state index is 0.0786. The van der Waals surface area contributed by atoms with Gasteiger partial charge in [0.25, 0.3) is 0 Å². The Morgan fingerprint density at radius 3 is 1.84 bits per heavy atom. The number of rotatable bonds is 8. The molecule has 162 valence electrons. The predicted molar refractivity (Wildman–Crippen MR) is 127 cm³/mol. The third-order valence-corrected chi connectivity index (χ3v) is 7.09. The van der Waals surface area contributed by atoms with Crippen LogP contribution in [0.1, 0.15) is 29.9 Å². The van der Waals surface area contributed by atoms with Gasteiger partial charge in [0.2, 0.25) is 0 Å². The van der Waals surface area contributed by atoms with Gasteiger partial charge in [-0.2, -0.15) is 0 Å². The number of halogens is 1. The molecule has 0 aliphatic rings. The molecular formula is C24H22FN5S2. The normalized spacial score (nSPS) is 12.5. The molecule has 1 aromatic carbocycles. The molecule has 0 fully saturated rings. The van der Waals surface area contributed by atoms with Crippen molar-refractivity contribution in [2.45, 2.75) is 26.1 Å². The summed E-state index contributed by atoms with van der Waals surface area (Å²) < 4.78 is 17.8. The van der Waals surface area contributed by atoms with Crippen molar-refractivity contribution in [3.05, 3.63) is 107 Å². The van der Waals surface area contributed by atoms with Crippen LogP contribution in [0.4, 0.5) is 4.39 Å². The summed E-state index contributed by atoms with van der Waals surface area (Å²) in [6.07, 6.45) is 7.74. The van der Waals surface area contributed by atoms with Gasteiger partial charge in [-0.25, -0.2) is 14.4 Å². The fraction of sp³-hybridized carbons (Fsp3) is 0.167. The summed E-state index contributed by atoms with van der Waals surface area (Å²) in [5, 5.41) is 5.87. The van der Waals surface area contributed by atoms with Crippen molar-refractivity contribution in [3.8, 4) is 10.3 Å². The van der Waals surface area contributed by atoms with Crippen molar-refractivity contribution in [2.75, 3.05) is 0 Å². The van der Waals surface area contributed by atoms with Gasteiger partial charge in [-0.1, -0.05) is 12.1 Å². The van der Waals surface area contributed by atoms with Crippen molar-refractivity contribution < 1.29 is 4.39 Å². The van der Waals surface area contributed by atoms with Crippen molar-refractivity contribution in [3.63, 3.8) is 0 Å². The second-order valence-electron chi connectivity index (χ2n) is 7.50. The molecule has 0 N–H and O–H groups in total. The quantitative estimate of drug-likeness (QED) is 0.280. The van der Waals surface area contributed by atoms with E-state index in [1.807, 2.05) is 47.7 Å². The van der Waals surface area contributed by atoms with E-state index in [-0.39, 0.29) is 11.9 Å². The van der Waals surface area contributed by atoms with Crippen molar-refractivity contribution in [1.29, 1.82) is 0 Å². The Hall–Kier alpha value is -3.07. The van der Waals surface area contributed by atoms with Crippen LogP contribution < -0.4 is 0 Å². The van der Waals surface area contributed by atoms with E-state index in [9.17, 15) is 4.39 Å². The van der Waals surface area contributed by atoms with Crippen LogP contribution in [0.2, 0.25) is 0 Å². The number of benzene rings is 1. The first-order chi connectivity index (χ1) is 15.7. The zero-order valence-corrected chi connectivity index (χ0v) is 19.1. The first-order valence-corrected chi connectivity index (χ1v) is 12.1. The molecule has 0 unspecified atom stereocenters. The van der Waals surface area contributed by atoms with Gasteiger partial charge >= 0.3 is 0 Å². The van der Waals surface area contributed by atoms with Crippen LogP contribution in [0.3, 0.4) is 0 Å². The Morgan fingerprint density at radius 2 is 1.38 bits per heavy atom. The van der Waals surface area contributed by atoms with Crippen molar-refractivity contribution >= 4 is 22.7 Å². The average molecular weight is 464 g/mol. The number of hydrogen-bond acceptors (Lipinski definition) is 5. The zero-order chi connectivity index (χ0) is 21.9. The summed E-state index contributed by atoms with van der Waals surface area (Å²) in [4.78, 5) is 11.3. The summed E-state index contributed by atoms with van der Waals surface area (Å²) >= 11 is 3.23. The maximum atomic E-state index is 13.5. The maximum absolute atomic E-state index is 13.5. The molecule has 5 nitrogen and oxygen atoms in total. The van der Waals surface area contributed by atoms with Crippen LogP contribution in [0, 0.1) is 5.82 Å². The molecule has 0 radical (unpaired) electrons. The molecule has 0 aliphatic heterocycles. The summed E-state index contributed by atoms with van der Waals surface area (Å²) in [6, 6.07) is 15.2. The van der Waals surface area contributed by atoms with Gasteiger partial charge in [-0.05, 0) is 48.9 Å². The second-order valence-corrected chi connectivity index (χ2v) is 9.25. The van der Waals surface area contributed by atoms with Gasteiger partial charge in [-0.15, -0.1) is 22.7 Å². The van der Waals surface area contributed by atoms with Crippen LogP contribution in [0.15, 0.2) is 84.1 Å². The predicted octanol–water partition coefficient (Wildman–Crippen LogP) is 6.08. The average Bonchev–Trinajstić information content (AvgIpc) is 3.61. The van der Waals surface area contributed by atoms with E-state index in [1.54, 1.807) is 22.7 Å². The molecule has 8 heteroatoms. The Labute approximate surface area is 194 Å². The van der Waals surface area contributed by atoms with E-state index in [1.165, 1.54) is 12.1 Å². The minimum atomic E-state index is -0.220. The fourth-order valence-electron chi connectivity index (χ4n) is 3.83. The Morgan fingerprint density at radius 1 is 0.844 bits per heavy atom. The maximum Gasteiger partial charge on any atom is 0.193 e. The highest BCUT2D eigenvalue weighted by molar-refractivity contribution is 7.12. The molecule has 0 aliphatic carbocycles. The van der Waals surface area contributed by atoms with Crippen LogP contribution in [0.25, 0.3) is 10.3 Å². The van der Waals surface area contributed by atoms with Gasteiger partial charge in [0.1, 0.15) is 5.82 Å². The minimum Gasteiger partial charge on any atom is -0.296 e. The molecule has 0 saturated heterocycles. The molecule has 0 amide bonds. The van der Waals surface area contributed by atoms with E-state index < -0.39 is 0 Å². The number of thiazole rings is 2. The largest absolute Gasteiger partial charge is 0.296 e. The number of aromatic nitrogens is 4. The molecule has 32 heavy (non-hydrogen) atoms. The van der Waals surface area contributed by atoms with Gasteiger partial charge in [0, 0.05) is 66.1 Å². The van der Waals surface area contributed by atoms with E-state index in [2.05, 4.69) is 55.2 Å². The van der Waals surface area contributed by atoms with Gasteiger partial charge in [0.05, 0.1) is 0 Å². The Kier molecular flexibility index (Phi) is 5.98. The van der Waals surface area contributed by atoms with Crippen LogP contribution >= 0.6 is 22.7 Å². The van der Waals surface area contributed by atoms with Crippen LogP contribution in [0.5, 0.6) is 0 Å². The second kappa shape index (κ2) is 9.20. The SMILES string of the molecule is C[C@H](c1ccc(F)cc1)N(Cc1cccn1-c1nccs1)Cc1cccn1-c1nccs1. The highest BCUT2D eigenvalue weighted by atomic mass is 32.1. The molecular weight excluding hydrogens is 441 g/mol. The number of hydrogen-bond donors (Lipinski definition) is 0. The lowest BCUT2D eigenvalue weighted by Crippen LogP contribution is -2.28. The van der Waals surface area contributed by atoms with Crippen molar-refractivity contribution in [1.82, 2.24) is 24.0 Å². The highest BCUT2D eigenvalue weighted by Crippen LogP contribution is 2.27. The lowest BCUT2D eigenvalue weighted by molar-refractivity contribution is 0.185. The number of nitrogens with zero attached hydrogens (tertiary/aromatic N) is 5. The van der Waals surface area contributed by atoms with Crippen LogP contribution in [-0.4, -0.2) is 24.0 Å². The third-order valence-electron chi connectivity index (χ3n) is 5.55. The molecule has 0 saturated carbocycles. The summed E-state index contributed by atoms with van der Waals surface area (Å²) in [6.45, 7) is 3.60. The summed E-state index contributed by atoms with van der Waals surface area (Å²) in [5.74, 6) is -0.220.